The molecule has 0 N–H and O–H groups in total. The van der Waals surface area contributed by atoms with Crippen LogP contribution in [-0.4, -0.2) is 8.42 Å². The Kier molecular flexibility index (Phi) is 6.60. The molecule has 0 atom stereocenters. The lowest BCUT2D eigenvalue weighted by molar-refractivity contribution is 0.306. The summed E-state index contributed by atoms with van der Waals surface area (Å²) < 4.78 is 31.4. The van der Waals surface area contributed by atoms with Crippen LogP contribution in [0.2, 0.25) is 10.0 Å². The molecule has 3 rings (SSSR count). The van der Waals surface area contributed by atoms with Crippen molar-refractivity contribution in [2.45, 2.75) is 11.5 Å². The maximum atomic E-state index is 12.8. The molecule has 0 aliphatic heterocycles. The van der Waals surface area contributed by atoms with Gasteiger partial charge in [-0.3, -0.25) is 0 Å². The molecule has 0 saturated carbocycles. The molecule has 0 fully saturated rings. The topological polar surface area (TPSA) is 67.2 Å². The number of nitriles is 1. The molecule has 0 amide bonds. The molecule has 7 heteroatoms. The van der Waals surface area contributed by atoms with E-state index in [-0.39, 0.29) is 16.4 Å². The number of sulfone groups is 1. The van der Waals surface area contributed by atoms with Gasteiger partial charge in [0.25, 0.3) is 0 Å². The molecule has 0 bridgehead atoms. The van der Waals surface area contributed by atoms with Crippen LogP contribution in [-0.2, 0) is 16.4 Å². The summed E-state index contributed by atoms with van der Waals surface area (Å²) >= 11 is 12.3. The molecule has 0 aromatic heterocycles. The number of ether oxygens (including phenoxy) is 1. The van der Waals surface area contributed by atoms with Crippen molar-refractivity contribution in [2.24, 2.45) is 0 Å². The number of hydrogen-bond acceptors (Lipinski definition) is 4. The molecule has 0 unspecified atom stereocenters. The molecular weight excluding hydrogens is 429 g/mol. The third-order valence-electron chi connectivity index (χ3n) is 4.09. The van der Waals surface area contributed by atoms with E-state index in [1.54, 1.807) is 66.7 Å². The minimum Gasteiger partial charge on any atom is -0.488 e. The fraction of sp³-hybridized carbons (Fsp3) is 0.0455. The zero-order valence-electron chi connectivity index (χ0n) is 15.0. The average molecular weight is 444 g/mol. The molecule has 146 valence electrons. The Hall–Kier alpha value is -2.78. The lowest BCUT2D eigenvalue weighted by atomic mass is 10.2. The van der Waals surface area contributed by atoms with Crippen molar-refractivity contribution in [2.75, 3.05) is 0 Å². The summed E-state index contributed by atoms with van der Waals surface area (Å²) in [4.78, 5) is -0.329. The Morgan fingerprint density at radius 1 is 0.931 bits per heavy atom. The van der Waals surface area contributed by atoms with Crippen molar-refractivity contribution in [1.29, 1.82) is 5.26 Å². The van der Waals surface area contributed by atoms with Crippen molar-refractivity contribution in [3.05, 3.63) is 98.9 Å². The van der Waals surface area contributed by atoms with E-state index >= 15 is 0 Å². The molecule has 0 aliphatic rings. The number of nitrogens with zero attached hydrogens (tertiary/aromatic N) is 1. The maximum Gasteiger partial charge on any atom is 0.216 e. The standard InChI is InChI=1S/C22H15Cl2NO3S/c23-20-10-6-11-21(24)19(20)15-28-22-12-5-4-7-16(22)13-18(14-25)29(26,27)17-8-2-1-3-9-17/h1-13H,15H2. The zero-order chi connectivity index (χ0) is 20.9. The van der Waals surface area contributed by atoms with Crippen molar-refractivity contribution < 1.29 is 13.2 Å². The number of allylic oxidation sites excluding steroid dienone is 1. The molecule has 4 nitrogen and oxygen atoms in total. The second-order valence-corrected chi connectivity index (χ2v) is 8.70. The predicted octanol–water partition coefficient (Wildman–Crippen LogP) is 5.91. The lowest BCUT2D eigenvalue weighted by Gasteiger charge is -2.12. The van der Waals surface area contributed by atoms with E-state index in [9.17, 15) is 13.7 Å². The van der Waals surface area contributed by atoms with Crippen LogP contribution in [0.3, 0.4) is 0 Å². The first-order chi connectivity index (χ1) is 13.9. The summed E-state index contributed by atoms with van der Waals surface area (Å²) in [6.45, 7) is 0.0939. The highest BCUT2D eigenvalue weighted by molar-refractivity contribution is 7.95. The summed E-state index contributed by atoms with van der Waals surface area (Å²) in [5, 5.41) is 10.4. The second kappa shape index (κ2) is 9.15. The van der Waals surface area contributed by atoms with Gasteiger partial charge in [0.2, 0.25) is 9.84 Å². The van der Waals surface area contributed by atoms with Gasteiger partial charge in [-0.2, -0.15) is 5.26 Å². The van der Waals surface area contributed by atoms with Gasteiger partial charge in [0, 0.05) is 21.2 Å². The molecular formula is C22H15Cl2NO3S. The van der Waals surface area contributed by atoms with E-state index in [0.717, 1.165) is 0 Å². The third-order valence-corrected chi connectivity index (χ3v) is 6.48. The Labute approximate surface area is 179 Å². The van der Waals surface area contributed by atoms with E-state index in [0.29, 0.717) is 26.9 Å². The van der Waals surface area contributed by atoms with Crippen molar-refractivity contribution in [3.8, 4) is 11.8 Å². The van der Waals surface area contributed by atoms with Crippen LogP contribution >= 0.6 is 23.2 Å². The van der Waals surface area contributed by atoms with Gasteiger partial charge in [-0.05, 0) is 36.4 Å². The summed E-state index contributed by atoms with van der Waals surface area (Å²) in [5.74, 6) is 0.402. The van der Waals surface area contributed by atoms with Gasteiger partial charge in [0.05, 0.1) is 4.90 Å². The van der Waals surface area contributed by atoms with E-state index < -0.39 is 9.84 Å². The Morgan fingerprint density at radius 3 is 2.21 bits per heavy atom. The number of rotatable bonds is 6. The smallest absolute Gasteiger partial charge is 0.216 e. The van der Waals surface area contributed by atoms with Crippen LogP contribution in [0.5, 0.6) is 5.75 Å². The monoisotopic (exact) mass is 443 g/mol. The summed E-state index contributed by atoms with van der Waals surface area (Å²) in [5.41, 5.74) is 1.07. The van der Waals surface area contributed by atoms with Crippen molar-refractivity contribution in [3.63, 3.8) is 0 Å². The SMILES string of the molecule is N#CC(=Cc1ccccc1OCc1c(Cl)cccc1Cl)S(=O)(=O)c1ccccc1. The van der Waals surface area contributed by atoms with E-state index in [1.807, 2.05) is 0 Å². The van der Waals surface area contributed by atoms with Crippen molar-refractivity contribution in [1.82, 2.24) is 0 Å². The zero-order valence-corrected chi connectivity index (χ0v) is 17.4. The largest absolute Gasteiger partial charge is 0.488 e. The van der Waals surface area contributed by atoms with Crippen LogP contribution < -0.4 is 4.74 Å². The predicted molar refractivity (Wildman–Crippen MR) is 114 cm³/mol. The second-order valence-electron chi connectivity index (χ2n) is 5.96. The summed E-state index contributed by atoms with van der Waals surface area (Å²) in [6, 6.07) is 21.6. The molecule has 0 heterocycles. The van der Waals surface area contributed by atoms with Crippen LogP contribution in [0.1, 0.15) is 11.1 Å². The highest BCUT2D eigenvalue weighted by Crippen LogP contribution is 2.29. The Morgan fingerprint density at radius 2 is 1.55 bits per heavy atom. The van der Waals surface area contributed by atoms with E-state index in [4.69, 9.17) is 27.9 Å². The van der Waals surface area contributed by atoms with Crippen LogP contribution in [0, 0.1) is 11.3 Å². The van der Waals surface area contributed by atoms with Gasteiger partial charge in [-0.25, -0.2) is 8.42 Å². The minimum atomic E-state index is -3.94. The van der Waals surface area contributed by atoms with E-state index in [1.165, 1.54) is 18.2 Å². The van der Waals surface area contributed by atoms with Crippen LogP contribution in [0.15, 0.2) is 82.6 Å². The first-order valence-corrected chi connectivity index (χ1v) is 10.7. The first-order valence-electron chi connectivity index (χ1n) is 8.50. The number of benzene rings is 3. The molecule has 3 aromatic carbocycles. The fourth-order valence-corrected chi connectivity index (χ4v) is 4.27. The van der Waals surface area contributed by atoms with Crippen LogP contribution in [0.4, 0.5) is 0 Å². The number of para-hydroxylation sites is 1. The van der Waals surface area contributed by atoms with Crippen molar-refractivity contribution >= 4 is 39.1 Å². The summed E-state index contributed by atoms with van der Waals surface area (Å²) in [6.07, 6.45) is 1.30. The normalized spacial score (nSPS) is 11.7. The maximum absolute atomic E-state index is 12.8. The van der Waals surface area contributed by atoms with Gasteiger partial charge >= 0.3 is 0 Å². The molecule has 0 saturated heterocycles. The van der Waals surface area contributed by atoms with Gasteiger partial charge < -0.3 is 4.74 Å². The van der Waals surface area contributed by atoms with Gasteiger partial charge in [0.1, 0.15) is 23.3 Å². The number of hydrogen-bond donors (Lipinski definition) is 0. The molecule has 0 spiro atoms. The highest BCUT2D eigenvalue weighted by Gasteiger charge is 2.21. The van der Waals surface area contributed by atoms with Gasteiger partial charge in [-0.1, -0.05) is 65.7 Å². The first kappa shape index (κ1) is 20.9. The summed E-state index contributed by atoms with van der Waals surface area (Å²) in [7, 11) is -3.94. The quantitative estimate of drug-likeness (QED) is 0.444. The van der Waals surface area contributed by atoms with E-state index in [2.05, 4.69) is 0 Å². The minimum absolute atomic E-state index is 0.0500. The van der Waals surface area contributed by atoms with Gasteiger partial charge in [-0.15, -0.1) is 0 Å². The molecule has 0 aliphatic carbocycles. The molecule has 29 heavy (non-hydrogen) atoms. The van der Waals surface area contributed by atoms with Crippen LogP contribution in [0.25, 0.3) is 6.08 Å². The molecule has 3 aromatic rings. The fourth-order valence-electron chi connectivity index (χ4n) is 2.59. The van der Waals surface area contributed by atoms with Gasteiger partial charge in [0.15, 0.2) is 0 Å². The third kappa shape index (κ3) is 4.80. The highest BCUT2D eigenvalue weighted by atomic mass is 35.5. The lowest BCUT2D eigenvalue weighted by Crippen LogP contribution is -2.04. The number of halogens is 2. The molecule has 0 radical (unpaired) electrons. The average Bonchev–Trinajstić information content (AvgIpc) is 2.73. The Balaban J connectivity index is 1.95. The Bertz CT molecular complexity index is 1180.